The average molecular weight is 301 g/mol. The quantitative estimate of drug-likeness (QED) is 0.883. The lowest BCUT2D eigenvalue weighted by Crippen LogP contribution is -2.49. The molecule has 7 heteroatoms. The van der Waals surface area contributed by atoms with E-state index in [4.69, 9.17) is 4.74 Å². The number of hydrogen-bond donors (Lipinski definition) is 2. The third kappa shape index (κ3) is 2.71. The number of benzene rings is 1. The molecule has 3 rings (SSSR count). The Balaban J connectivity index is 1.81. The number of rotatable bonds is 4. The van der Waals surface area contributed by atoms with E-state index < -0.39 is 5.41 Å². The molecule has 22 heavy (non-hydrogen) atoms. The summed E-state index contributed by atoms with van der Waals surface area (Å²) in [6.07, 6.45) is 1.11. The number of carbonyl (C=O) groups is 1. The predicted molar refractivity (Wildman–Crippen MR) is 78.9 cm³/mol. The van der Waals surface area contributed by atoms with Gasteiger partial charge in [-0.2, -0.15) is 5.21 Å². The Bertz CT molecular complexity index is 608. The normalized spacial score (nSPS) is 18.6. The van der Waals surface area contributed by atoms with Gasteiger partial charge >= 0.3 is 0 Å². The van der Waals surface area contributed by atoms with Crippen molar-refractivity contribution in [1.82, 2.24) is 25.9 Å². The van der Waals surface area contributed by atoms with Gasteiger partial charge in [0.15, 0.2) is 5.82 Å². The minimum absolute atomic E-state index is 0.0754. The molecule has 1 aromatic carbocycles. The van der Waals surface area contributed by atoms with Crippen LogP contribution in [-0.4, -0.2) is 39.7 Å². The second-order valence-electron chi connectivity index (χ2n) is 5.54. The Hall–Kier alpha value is -2.28. The number of H-pyrrole nitrogens is 1. The third-order valence-electron chi connectivity index (χ3n) is 4.20. The molecule has 1 fully saturated rings. The largest absolute Gasteiger partial charge is 0.381 e. The van der Waals surface area contributed by atoms with Gasteiger partial charge in [0, 0.05) is 13.2 Å². The molecule has 1 saturated heterocycles. The maximum Gasteiger partial charge on any atom is 0.234 e. The minimum atomic E-state index is -0.770. The molecule has 0 spiro atoms. The van der Waals surface area contributed by atoms with Gasteiger partial charge in [-0.25, -0.2) is 0 Å². The SMILES string of the molecule is C[C@@H](NC(=O)C1(c2nn[nH]n2)CCOCC1)c1ccccc1. The molecule has 1 atom stereocenters. The summed E-state index contributed by atoms with van der Waals surface area (Å²) >= 11 is 0. The summed E-state index contributed by atoms with van der Waals surface area (Å²) in [5.74, 6) is 0.363. The smallest absolute Gasteiger partial charge is 0.234 e. The Morgan fingerprint density at radius 2 is 2.05 bits per heavy atom. The summed E-state index contributed by atoms with van der Waals surface area (Å²) in [6.45, 7) is 3.00. The molecular weight excluding hydrogens is 282 g/mol. The summed E-state index contributed by atoms with van der Waals surface area (Å²) in [4.78, 5) is 12.9. The van der Waals surface area contributed by atoms with E-state index in [0.29, 0.717) is 31.9 Å². The maximum absolute atomic E-state index is 12.9. The molecule has 1 aliphatic heterocycles. The van der Waals surface area contributed by atoms with E-state index in [9.17, 15) is 4.79 Å². The van der Waals surface area contributed by atoms with Crippen molar-refractivity contribution in [2.75, 3.05) is 13.2 Å². The van der Waals surface area contributed by atoms with Crippen molar-refractivity contribution in [3.8, 4) is 0 Å². The first-order chi connectivity index (χ1) is 10.7. The van der Waals surface area contributed by atoms with Crippen LogP contribution in [0.3, 0.4) is 0 Å². The molecule has 0 bridgehead atoms. The lowest BCUT2D eigenvalue weighted by atomic mass is 9.78. The van der Waals surface area contributed by atoms with Gasteiger partial charge in [-0.1, -0.05) is 35.5 Å². The van der Waals surface area contributed by atoms with Gasteiger partial charge in [-0.15, -0.1) is 10.2 Å². The van der Waals surface area contributed by atoms with Crippen molar-refractivity contribution in [1.29, 1.82) is 0 Å². The fourth-order valence-corrected chi connectivity index (χ4v) is 2.80. The van der Waals surface area contributed by atoms with E-state index in [-0.39, 0.29) is 11.9 Å². The van der Waals surface area contributed by atoms with Crippen molar-refractivity contribution < 1.29 is 9.53 Å². The number of aromatic nitrogens is 4. The van der Waals surface area contributed by atoms with Crippen LogP contribution >= 0.6 is 0 Å². The van der Waals surface area contributed by atoms with Gasteiger partial charge in [0.2, 0.25) is 5.91 Å². The van der Waals surface area contributed by atoms with Gasteiger partial charge in [0.05, 0.1) is 6.04 Å². The zero-order valence-corrected chi connectivity index (χ0v) is 12.5. The number of hydrogen-bond acceptors (Lipinski definition) is 5. The van der Waals surface area contributed by atoms with Crippen LogP contribution in [0, 0.1) is 0 Å². The molecule has 0 unspecified atom stereocenters. The van der Waals surface area contributed by atoms with E-state index in [1.165, 1.54) is 0 Å². The molecule has 1 aromatic heterocycles. The highest BCUT2D eigenvalue weighted by atomic mass is 16.5. The molecule has 2 N–H and O–H groups in total. The Labute approximate surface area is 128 Å². The standard InChI is InChI=1S/C15H19N5O2/c1-11(12-5-3-2-4-6-12)16-14(21)15(7-9-22-10-8-15)13-17-19-20-18-13/h2-6,11H,7-10H2,1H3,(H,16,21)(H,17,18,19,20)/t11-/m1/s1. The van der Waals surface area contributed by atoms with Gasteiger partial charge in [0.1, 0.15) is 5.41 Å². The van der Waals surface area contributed by atoms with Crippen LogP contribution in [0.15, 0.2) is 30.3 Å². The van der Waals surface area contributed by atoms with E-state index in [0.717, 1.165) is 5.56 Å². The number of tetrazole rings is 1. The lowest BCUT2D eigenvalue weighted by molar-refractivity contribution is -0.131. The molecule has 7 nitrogen and oxygen atoms in total. The average Bonchev–Trinajstić information content (AvgIpc) is 3.11. The first-order valence-electron chi connectivity index (χ1n) is 7.40. The van der Waals surface area contributed by atoms with Gasteiger partial charge < -0.3 is 10.1 Å². The van der Waals surface area contributed by atoms with Crippen LogP contribution < -0.4 is 5.32 Å². The predicted octanol–water partition coefficient (Wildman–Crippen LogP) is 1.13. The fraction of sp³-hybridized carbons (Fsp3) is 0.467. The van der Waals surface area contributed by atoms with Crippen LogP contribution in [0.2, 0.25) is 0 Å². The highest BCUT2D eigenvalue weighted by Gasteiger charge is 2.45. The molecule has 1 amide bonds. The number of nitrogens with one attached hydrogen (secondary N) is 2. The summed E-state index contributed by atoms with van der Waals surface area (Å²) in [6, 6.07) is 9.78. The van der Waals surface area contributed by atoms with Crippen LogP contribution in [0.25, 0.3) is 0 Å². The zero-order valence-electron chi connectivity index (χ0n) is 12.5. The van der Waals surface area contributed by atoms with Crippen LogP contribution in [0.4, 0.5) is 0 Å². The van der Waals surface area contributed by atoms with Crippen molar-refractivity contribution in [3.05, 3.63) is 41.7 Å². The summed E-state index contributed by atoms with van der Waals surface area (Å²) in [5, 5.41) is 17.2. The molecule has 116 valence electrons. The topological polar surface area (TPSA) is 92.8 Å². The van der Waals surface area contributed by atoms with E-state index in [2.05, 4.69) is 25.9 Å². The Kier molecular flexibility index (Phi) is 4.15. The second-order valence-corrected chi connectivity index (χ2v) is 5.54. The summed E-state index contributed by atoms with van der Waals surface area (Å²) in [7, 11) is 0. The molecule has 2 aromatic rings. The minimum Gasteiger partial charge on any atom is -0.381 e. The Morgan fingerprint density at radius 3 is 2.68 bits per heavy atom. The first-order valence-corrected chi connectivity index (χ1v) is 7.40. The Morgan fingerprint density at radius 1 is 1.32 bits per heavy atom. The monoisotopic (exact) mass is 301 g/mol. The maximum atomic E-state index is 12.9. The summed E-state index contributed by atoms with van der Waals surface area (Å²) < 4.78 is 5.40. The third-order valence-corrected chi connectivity index (χ3v) is 4.20. The molecular formula is C15H19N5O2. The van der Waals surface area contributed by atoms with E-state index in [1.54, 1.807) is 0 Å². The first kappa shape index (κ1) is 14.6. The highest BCUT2D eigenvalue weighted by Crippen LogP contribution is 2.33. The van der Waals surface area contributed by atoms with Crippen LogP contribution in [-0.2, 0) is 14.9 Å². The molecule has 2 heterocycles. The van der Waals surface area contributed by atoms with Crippen molar-refractivity contribution >= 4 is 5.91 Å². The van der Waals surface area contributed by atoms with Gasteiger partial charge in [0.25, 0.3) is 0 Å². The van der Waals surface area contributed by atoms with E-state index in [1.807, 2.05) is 37.3 Å². The highest BCUT2D eigenvalue weighted by molar-refractivity contribution is 5.87. The van der Waals surface area contributed by atoms with Gasteiger partial charge in [-0.05, 0) is 25.3 Å². The van der Waals surface area contributed by atoms with Crippen LogP contribution in [0.1, 0.15) is 37.2 Å². The number of carbonyl (C=O) groups excluding carboxylic acids is 1. The van der Waals surface area contributed by atoms with Crippen molar-refractivity contribution in [3.63, 3.8) is 0 Å². The van der Waals surface area contributed by atoms with E-state index >= 15 is 0 Å². The van der Waals surface area contributed by atoms with Crippen LogP contribution in [0.5, 0.6) is 0 Å². The molecule has 0 aliphatic carbocycles. The second kappa shape index (κ2) is 6.23. The van der Waals surface area contributed by atoms with Crippen molar-refractivity contribution in [2.45, 2.75) is 31.2 Å². The van der Waals surface area contributed by atoms with Gasteiger partial charge in [-0.3, -0.25) is 4.79 Å². The zero-order chi connectivity index (χ0) is 15.4. The number of aromatic amines is 1. The number of nitrogens with zero attached hydrogens (tertiary/aromatic N) is 3. The summed E-state index contributed by atoms with van der Waals surface area (Å²) in [5.41, 5.74) is 0.292. The number of ether oxygens (including phenoxy) is 1. The number of amides is 1. The molecule has 1 aliphatic rings. The lowest BCUT2D eigenvalue weighted by Gasteiger charge is -2.33. The molecule has 0 saturated carbocycles. The fourth-order valence-electron chi connectivity index (χ4n) is 2.80. The van der Waals surface area contributed by atoms with Crippen molar-refractivity contribution in [2.24, 2.45) is 0 Å². The molecule has 0 radical (unpaired) electrons.